The molecule has 3 rings (SSSR count). The number of amides is 1. The molecule has 1 N–H and O–H groups in total. The lowest BCUT2D eigenvalue weighted by atomic mass is 10.1. The molecule has 0 spiro atoms. The number of ether oxygens (including phenoxy) is 1. The van der Waals surface area contributed by atoms with Crippen LogP contribution in [0.15, 0.2) is 66.1 Å². The first-order chi connectivity index (χ1) is 14.0. The van der Waals surface area contributed by atoms with E-state index in [4.69, 9.17) is 4.74 Å². The Morgan fingerprint density at radius 3 is 2.41 bits per heavy atom. The summed E-state index contributed by atoms with van der Waals surface area (Å²) in [4.78, 5) is 28.7. The van der Waals surface area contributed by atoms with Crippen molar-refractivity contribution >= 4 is 29.1 Å². The summed E-state index contributed by atoms with van der Waals surface area (Å²) in [5.41, 5.74) is 2.23. The van der Waals surface area contributed by atoms with E-state index in [1.54, 1.807) is 37.6 Å². The number of rotatable bonds is 8. The number of Topliss-reactive ketones (excluding diaryl/α,β-unsaturated/α-hetero) is 1. The molecule has 0 atom stereocenters. The number of ketones is 1. The predicted octanol–water partition coefficient (Wildman–Crippen LogP) is 4.45. The van der Waals surface area contributed by atoms with Gasteiger partial charge in [0, 0.05) is 35.2 Å². The average Bonchev–Trinajstić information content (AvgIpc) is 3.21. The summed E-state index contributed by atoms with van der Waals surface area (Å²) in [6.45, 7) is 3.67. The number of nitrogens with zero attached hydrogens (tertiary/aromatic N) is 2. The quantitative estimate of drug-likeness (QED) is 0.439. The molecule has 7 heteroatoms. The van der Waals surface area contributed by atoms with Crippen LogP contribution in [-0.2, 0) is 4.79 Å². The molecule has 0 saturated carbocycles. The van der Waals surface area contributed by atoms with Crippen LogP contribution in [0.3, 0.4) is 0 Å². The molecular weight excluding hydrogens is 386 g/mol. The summed E-state index contributed by atoms with van der Waals surface area (Å²) in [7, 11) is 1.63. The summed E-state index contributed by atoms with van der Waals surface area (Å²) in [5, 5.41) is 3.56. The fourth-order valence-corrected chi connectivity index (χ4v) is 3.44. The molecule has 29 heavy (non-hydrogen) atoms. The van der Waals surface area contributed by atoms with E-state index in [0.717, 1.165) is 16.6 Å². The van der Waals surface area contributed by atoms with Gasteiger partial charge in [-0.25, -0.2) is 4.98 Å². The van der Waals surface area contributed by atoms with Gasteiger partial charge in [0.05, 0.1) is 12.9 Å². The van der Waals surface area contributed by atoms with Crippen LogP contribution in [0, 0.1) is 5.92 Å². The van der Waals surface area contributed by atoms with Crippen molar-refractivity contribution in [2.45, 2.75) is 19.0 Å². The summed E-state index contributed by atoms with van der Waals surface area (Å²) in [6.07, 6.45) is 3.57. The van der Waals surface area contributed by atoms with Gasteiger partial charge in [-0.1, -0.05) is 25.6 Å². The van der Waals surface area contributed by atoms with E-state index in [1.165, 1.54) is 11.8 Å². The first kappa shape index (κ1) is 20.7. The van der Waals surface area contributed by atoms with E-state index < -0.39 is 0 Å². The fraction of sp³-hybridized carbons (Fsp3) is 0.227. The highest BCUT2D eigenvalue weighted by atomic mass is 32.2. The van der Waals surface area contributed by atoms with Gasteiger partial charge in [-0.2, -0.15) is 0 Å². The normalized spacial score (nSPS) is 10.8. The molecule has 150 valence electrons. The Balaban J connectivity index is 1.62. The zero-order valence-electron chi connectivity index (χ0n) is 16.6. The van der Waals surface area contributed by atoms with Gasteiger partial charge in [0.1, 0.15) is 5.75 Å². The van der Waals surface area contributed by atoms with Crippen molar-refractivity contribution in [1.82, 2.24) is 9.55 Å². The molecule has 0 fully saturated rings. The Hall–Kier alpha value is -3.06. The molecule has 1 aromatic heterocycles. The number of nitrogens with one attached hydrogen (secondary N) is 1. The molecule has 0 saturated heterocycles. The fourth-order valence-electron chi connectivity index (χ4n) is 2.58. The minimum atomic E-state index is -0.0952. The number of carbonyl (C=O) groups excluding carboxylic acids is 2. The molecular formula is C22H23N3O3S. The van der Waals surface area contributed by atoms with E-state index >= 15 is 0 Å². The Bertz CT molecular complexity index is 979. The summed E-state index contributed by atoms with van der Waals surface area (Å²) >= 11 is 1.38. The van der Waals surface area contributed by atoms with Gasteiger partial charge in [-0.3, -0.25) is 14.2 Å². The second-order valence-corrected chi connectivity index (χ2v) is 7.65. The van der Waals surface area contributed by atoms with Crippen LogP contribution in [0.4, 0.5) is 5.69 Å². The zero-order chi connectivity index (χ0) is 20.8. The van der Waals surface area contributed by atoms with Crippen LogP contribution in [0.2, 0.25) is 0 Å². The smallest absolute Gasteiger partial charge is 0.226 e. The maximum Gasteiger partial charge on any atom is 0.226 e. The number of thioether (sulfide) groups is 1. The largest absolute Gasteiger partial charge is 0.497 e. The lowest BCUT2D eigenvalue weighted by Crippen LogP contribution is -2.17. The van der Waals surface area contributed by atoms with Gasteiger partial charge in [-0.05, 0) is 48.5 Å². The highest BCUT2D eigenvalue weighted by molar-refractivity contribution is 7.99. The van der Waals surface area contributed by atoms with E-state index in [2.05, 4.69) is 10.3 Å². The molecule has 0 radical (unpaired) electrons. The summed E-state index contributed by atoms with van der Waals surface area (Å²) in [6, 6.07) is 14.6. The highest BCUT2D eigenvalue weighted by Crippen LogP contribution is 2.23. The van der Waals surface area contributed by atoms with Gasteiger partial charge in [0.15, 0.2) is 10.9 Å². The number of aromatic nitrogens is 2. The van der Waals surface area contributed by atoms with Crippen LogP contribution >= 0.6 is 11.8 Å². The topological polar surface area (TPSA) is 73.2 Å². The lowest BCUT2D eigenvalue weighted by Gasteiger charge is -2.09. The number of anilines is 1. The summed E-state index contributed by atoms with van der Waals surface area (Å²) in [5.74, 6) is 0.907. The van der Waals surface area contributed by atoms with E-state index in [0.29, 0.717) is 11.3 Å². The van der Waals surface area contributed by atoms with Crippen LogP contribution in [0.25, 0.3) is 5.69 Å². The second-order valence-electron chi connectivity index (χ2n) is 6.71. The minimum absolute atomic E-state index is 0.000942. The minimum Gasteiger partial charge on any atom is -0.497 e. The number of benzene rings is 2. The average molecular weight is 410 g/mol. The van der Waals surface area contributed by atoms with Crippen molar-refractivity contribution < 1.29 is 14.3 Å². The van der Waals surface area contributed by atoms with Gasteiger partial charge in [-0.15, -0.1) is 0 Å². The number of hydrogen-bond donors (Lipinski definition) is 1. The molecule has 0 aliphatic rings. The summed E-state index contributed by atoms with van der Waals surface area (Å²) < 4.78 is 7.12. The molecule has 1 heterocycles. The molecule has 1 amide bonds. The van der Waals surface area contributed by atoms with Crippen molar-refractivity contribution in [3.05, 3.63) is 66.5 Å². The number of hydrogen-bond acceptors (Lipinski definition) is 5. The van der Waals surface area contributed by atoms with Gasteiger partial charge in [0.25, 0.3) is 0 Å². The van der Waals surface area contributed by atoms with E-state index in [-0.39, 0.29) is 23.4 Å². The highest BCUT2D eigenvalue weighted by Gasteiger charge is 2.12. The zero-order valence-corrected chi connectivity index (χ0v) is 17.4. The molecule has 0 aliphatic carbocycles. The molecule has 0 bridgehead atoms. The Morgan fingerprint density at radius 1 is 1.10 bits per heavy atom. The van der Waals surface area contributed by atoms with Gasteiger partial charge in [0.2, 0.25) is 5.91 Å². The third-order valence-corrected chi connectivity index (χ3v) is 5.26. The predicted molar refractivity (Wildman–Crippen MR) is 115 cm³/mol. The third-order valence-electron chi connectivity index (χ3n) is 4.29. The van der Waals surface area contributed by atoms with Crippen LogP contribution < -0.4 is 10.1 Å². The van der Waals surface area contributed by atoms with Crippen molar-refractivity contribution in [2.75, 3.05) is 18.2 Å². The molecule has 0 unspecified atom stereocenters. The molecule has 3 aromatic rings. The van der Waals surface area contributed by atoms with Gasteiger partial charge < -0.3 is 10.1 Å². The number of carbonyl (C=O) groups is 2. The van der Waals surface area contributed by atoms with E-state index in [9.17, 15) is 9.59 Å². The lowest BCUT2D eigenvalue weighted by molar-refractivity contribution is -0.118. The SMILES string of the molecule is COc1ccc(-n2ccnc2SCC(=O)c2ccc(NC(=O)C(C)C)cc2)cc1. The van der Waals surface area contributed by atoms with Crippen LogP contribution in [0.1, 0.15) is 24.2 Å². The Kier molecular flexibility index (Phi) is 6.72. The van der Waals surface area contributed by atoms with Crippen LogP contribution in [-0.4, -0.2) is 34.1 Å². The number of imidazole rings is 1. The van der Waals surface area contributed by atoms with Crippen molar-refractivity contribution in [3.8, 4) is 11.4 Å². The maximum absolute atomic E-state index is 12.6. The van der Waals surface area contributed by atoms with E-state index in [1.807, 2.05) is 48.9 Å². The molecule has 0 aliphatic heterocycles. The molecule has 6 nitrogen and oxygen atoms in total. The van der Waals surface area contributed by atoms with Crippen molar-refractivity contribution in [2.24, 2.45) is 5.92 Å². The van der Waals surface area contributed by atoms with Crippen molar-refractivity contribution in [1.29, 1.82) is 0 Å². The first-order valence-electron chi connectivity index (χ1n) is 9.22. The standard InChI is InChI=1S/C22H23N3O3S/c1-15(2)21(27)24-17-6-4-16(5-7-17)20(26)14-29-22-23-12-13-25(22)18-8-10-19(28-3)11-9-18/h4-13,15H,14H2,1-3H3,(H,24,27). The van der Waals surface area contributed by atoms with Crippen LogP contribution in [0.5, 0.6) is 5.75 Å². The number of methoxy groups -OCH3 is 1. The third kappa shape index (κ3) is 5.26. The Morgan fingerprint density at radius 2 is 1.79 bits per heavy atom. The van der Waals surface area contributed by atoms with Crippen molar-refractivity contribution in [3.63, 3.8) is 0 Å². The van der Waals surface area contributed by atoms with Gasteiger partial charge >= 0.3 is 0 Å². The maximum atomic E-state index is 12.6. The monoisotopic (exact) mass is 409 g/mol. The second kappa shape index (κ2) is 9.43. The first-order valence-corrected chi connectivity index (χ1v) is 10.2. The Labute approximate surface area is 174 Å². The molecule has 2 aromatic carbocycles.